The molecule has 4 aromatic heterocycles. The van der Waals surface area contributed by atoms with E-state index >= 15 is 0 Å². The molecule has 0 saturated carbocycles. The third kappa shape index (κ3) is 13.6. The van der Waals surface area contributed by atoms with Crippen LogP contribution in [0, 0.1) is 0 Å². The largest absolute Gasteiger partial charge is 0.444 e. The Balaban J connectivity index is 0.000000270. The van der Waals surface area contributed by atoms with Crippen molar-refractivity contribution >= 4 is 46.1 Å². The van der Waals surface area contributed by atoms with Crippen LogP contribution in [0.2, 0.25) is 0 Å². The van der Waals surface area contributed by atoms with Crippen LogP contribution in [0.1, 0.15) is 80.6 Å². The smallest absolute Gasteiger partial charge is 0.407 e. The molecule has 17 heteroatoms. The van der Waals surface area contributed by atoms with Crippen LogP contribution in [0.5, 0.6) is 0 Å². The number of carbonyl (C=O) groups is 2. The number of ether oxygens (including phenoxy) is 2. The lowest BCUT2D eigenvalue weighted by atomic mass is 10.2. The van der Waals surface area contributed by atoms with Gasteiger partial charge in [-0.1, -0.05) is 19.8 Å². The van der Waals surface area contributed by atoms with Crippen molar-refractivity contribution < 1.29 is 19.1 Å². The zero-order valence-corrected chi connectivity index (χ0v) is 30.6. The van der Waals surface area contributed by atoms with Crippen molar-refractivity contribution in [3.63, 3.8) is 0 Å². The first-order chi connectivity index (χ1) is 23.8. The summed E-state index contributed by atoms with van der Waals surface area (Å²) < 4.78 is 14.4. The van der Waals surface area contributed by atoms with E-state index in [2.05, 4.69) is 62.7 Å². The Labute approximate surface area is 293 Å². The molecule has 0 bridgehead atoms. The fourth-order valence-electron chi connectivity index (χ4n) is 4.63. The summed E-state index contributed by atoms with van der Waals surface area (Å²) in [6.07, 6.45) is 11.2. The molecular weight excluding hydrogens is 642 g/mol. The molecule has 6 N–H and O–H groups in total. The normalized spacial score (nSPS) is 11.5. The van der Waals surface area contributed by atoms with Gasteiger partial charge in [0.15, 0.2) is 22.9 Å². The summed E-state index contributed by atoms with van der Waals surface area (Å²) >= 11 is 0. The summed E-state index contributed by atoms with van der Waals surface area (Å²) in [7, 11) is 0. The molecule has 0 aromatic carbocycles. The standard InChI is InChI=1S/C17H28N6O2.C16H27N7O2/c1-5-6-7-10-23-12-22-13-14(20-11-21-15(13)23)18-8-9-19-16(24)25-17(2,3)4;1-16(2,3)25-15(24)19-8-7-18-13-12-14(21-10-20-13)23(11-22-12)9-5-4-6-17/h11-12H,5-10H2,1-4H3,(H,19,24)(H,18,20,21);10-11H,4-9,17H2,1-3H3,(H,19,24)(H,18,20,21). The third-order valence-corrected chi connectivity index (χ3v) is 6.83. The number of hydrogen-bond acceptors (Lipinski definition) is 13. The summed E-state index contributed by atoms with van der Waals surface area (Å²) in [4.78, 5) is 49.1. The molecule has 0 fully saturated rings. The van der Waals surface area contributed by atoms with E-state index in [0.29, 0.717) is 49.9 Å². The van der Waals surface area contributed by atoms with Gasteiger partial charge in [0.05, 0.1) is 12.7 Å². The quantitative estimate of drug-likeness (QED) is 0.102. The molecule has 0 spiro atoms. The van der Waals surface area contributed by atoms with Crippen LogP contribution in [0.3, 0.4) is 0 Å². The van der Waals surface area contributed by atoms with Crippen LogP contribution in [0.4, 0.5) is 21.2 Å². The van der Waals surface area contributed by atoms with Gasteiger partial charge in [0.1, 0.15) is 34.9 Å². The highest BCUT2D eigenvalue weighted by Gasteiger charge is 2.17. The maximum atomic E-state index is 11.6. The molecule has 0 aliphatic heterocycles. The van der Waals surface area contributed by atoms with Gasteiger partial charge in [-0.25, -0.2) is 39.5 Å². The molecule has 0 saturated heterocycles. The molecular formula is C33H55N13O4. The summed E-state index contributed by atoms with van der Waals surface area (Å²) in [5, 5.41) is 11.8. The number of rotatable bonds is 16. The number of carbonyl (C=O) groups excluding carboxylic acids is 2. The predicted molar refractivity (Wildman–Crippen MR) is 194 cm³/mol. The maximum Gasteiger partial charge on any atom is 0.407 e. The Morgan fingerprint density at radius 2 is 1.10 bits per heavy atom. The van der Waals surface area contributed by atoms with Crippen molar-refractivity contribution in [1.82, 2.24) is 49.7 Å². The van der Waals surface area contributed by atoms with E-state index in [4.69, 9.17) is 15.2 Å². The number of hydrogen-bond donors (Lipinski definition) is 5. The third-order valence-electron chi connectivity index (χ3n) is 6.83. The van der Waals surface area contributed by atoms with Gasteiger partial charge in [0, 0.05) is 39.3 Å². The Morgan fingerprint density at radius 1 is 0.660 bits per heavy atom. The van der Waals surface area contributed by atoms with E-state index in [-0.39, 0.29) is 0 Å². The van der Waals surface area contributed by atoms with Gasteiger partial charge in [-0.05, 0) is 67.3 Å². The van der Waals surface area contributed by atoms with E-state index in [9.17, 15) is 9.59 Å². The van der Waals surface area contributed by atoms with Crippen molar-refractivity contribution in [2.24, 2.45) is 5.73 Å². The lowest BCUT2D eigenvalue weighted by Gasteiger charge is -2.19. The zero-order chi connectivity index (χ0) is 36.6. The molecule has 0 aliphatic rings. The number of amides is 2. The van der Waals surface area contributed by atoms with E-state index in [1.165, 1.54) is 25.5 Å². The molecule has 4 rings (SSSR count). The summed E-state index contributed by atoms with van der Waals surface area (Å²) in [5.74, 6) is 1.32. The van der Waals surface area contributed by atoms with Crippen LogP contribution in [-0.4, -0.2) is 95.2 Å². The van der Waals surface area contributed by atoms with Crippen LogP contribution in [-0.2, 0) is 22.6 Å². The number of nitrogens with two attached hydrogens (primary N) is 1. The van der Waals surface area contributed by atoms with Crippen molar-refractivity contribution in [3.8, 4) is 0 Å². The summed E-state index contributed by atoms with van der Waals surface area (Å²) in [6, 6.07) is 0. The van der Waals surface area contributed by atoms with E-state index in [1.54, 1.807) is 12.7 Å². The number of imidazole rings is 2. The second-order valence-corrected chi connectivity index (χ2v) is 13.6. The number of alkyl carbamates (subject to hydrolysis) is 2. The molecule has 0 radical (unpaired) electrons. The van der Waals surface area contributed by atoms with Gasteiger partial charge in [0.25, 0.3) is 0 Å². The number of aryl methyl sites for hydroxylation is 2. The Bertz CT molecular complexity index is 1510. The Kier molecular flexibility index (Phi) is 15.4. The van der Waals surface area contributed by atoms with Crippen LogP contribution in [0.15, 0.2) is 25.3 Å². The second-order valence-electron chi connectivity index (χ2n) is 13.6. The highest BCUT2D eigenvalue weighted by molar-refractivity contribution is 5.83. The number of unbranched alkanes of at least 4 members (excludes halogenated alkanes) is 3. The fraction of sp³-hybridized carbons (Fsp3) is 0.636. The molecule has 0 unspecified atom stereocenters. The minimum atomic E-state index is -0.507. The molecule has 4 heterocycles. The van der Waals surface area contributed by atoms with Gasteiger partial charge < -0.3 is 45.6 Å². The predicted octanol–water partition coefficient (Wildman–Crippen LogP) is 4.45. The van der Waals surface area contributed by atoms with Gasteiger partial charge in [-0.15, -0.1) is 0 Å². The zero-order valence-electron chi connectivity index (χ0n) is 30.6. The van der Waals surface area contributed by atoms with Gasteiger partial charge in [0.2, 0.25) is 0 Å². The van der Waals surface area contributed by atoms with E-state index in [1.807, 2.05) is 46.1 Å². The first-order valence-corrected chi connectivity index (χ1v) is 17.2. The first kappa shape index (κ1) is 39.6. The number of fused-ring (bicyclic) bond motifs is 2. The highest BCUT2D eigenvalue weighted by Crippen LogP contribution is 2.19. The average molecular weight is 698 g/mol. The monoisotopic (exact) mass is 697 g/mol. The number of nitrogens with one attached hydrogen (secondary N) is 4. The van der Waals surface area contributed by atoms with Crippen LogP contribution < -0.4 is 27.0 Å². The minimum Gasteiger partial charge on any atom is -0.444 e. The average Bonchev–Trinajstić information content (AvgIpc) is 3.65. The minimum absolute atomic E-state index is 0.414. The molecule has 50 heavy (non-hydrogen) atoms. The SMILES string of the molecule is CC(C)(C)OC(=O)NCCNc1ncnc2c1ncn2CCCCN.CCCCCn1cnc2c(NCCNC(=O)OC(C)(C)C)ncnc21. The number of nitrogens with zero attached hydrogens (tertiary/aromatic N) is 8. The van der Waals surface area contributed by atoms with E-state index < -0.39 is 23.4 Å². The van der Waals surface area contributed by atoms with Crippen LogP contribution >= 0.6 is 0 Å². The lowest BCUT2D eigenvalue weighted by Crippen LogP contribution is -2.35. The molecule has 2 amide bonds. The first-order valence-electron chi connectivity index (χ1n) is 17.2. The number of aromatic nitrogens is 8. The molecule has 17 nitrogen and oxygen atoms in total. The molecule has 0 atom stereocenters. The van der Waals surface area contributed by atoms with Crippen molar-refractivity contribution in [2.45, 2.75) is 105 Å². The Morgan fingerprint density at radius 3 is 1.50 bits per heavy atom. The Hall–Kier alpha value is -4.80. The summed E-state index contributed by atoms with van der Waals surface area (Å²) in [5.41, 5.74) is 7.60. The molecule has 276 valence electrons. The second kappa shape index (κ2) is 19.4. The topological polar surface area (TPSA) is 214 Å². The molecule has 4 aromatic rings. The van der Waals surface area contributed by atoms with Crippen molar-refractivity contribution in [3.05, 3.63) is 25.3 Å². The number of anilines is 2. The van der Waals surface area contributed by atoms with E-state index in [0.717, 1.165) is 49.2 Å². The van der Waals surface area contributed by atoms with Crippen molar-refractivity contribution in [1.29, 1.82) is 0 Å². The van der Waals surface area contributed by atoms with Crippen molar-refractivity contribution in [2.75, 3.05) is 43.4 Å². The maximum absolute atomic E-state index is 11.6. The summed E-state index contributed by atoms with van der Waals surface area (Å²) in [6.45, 7) is 17.4. The fourth-order valence-corrected chi connectivity index (χ4v) is 4.63. The lowest BCUT2D eigenvalue weighted by molar-refractivity contribution is 0.0518. The van der Waals surface area contributed by atoms with Gasteiger partial charge in [-0.3, -0.25) is 0 Å². The highest BCUT2D eigenvalue weighted by atomic mass is 16.6. The van der Waals surface area contributed by atoms with Crippen LogP contribution in [0.25, 0.3) is 22.3 Å². The van der Waals surface area contributed by atoms with Gasteiger partial charge in [-0.2, -0.15) is 0 Å². The van der Waals surface area contributed by atoms with Gasteiger partial charge >= 0.3 is 12.2 Å². The molecule has 0 aliphatic carbocycles.